The lowest BCUT2D eigenvalue weighted by Gasteiger charge is -2.07. The Morgan fingerprint density at radius 1 is 1.54 bits per heavy atom. The van der Waals surface area contributed by atoms with Crippen LogP contribution < -0.4 is 5.01 Å². The molecule has 0 atom stereocenters. The SMILES string of the molecule is CN(N=O)c1cccc(N=[N+]=[N-])c1. The maximum atomic E-state index is 10.1. The van der Waals surface area contributed by atoms with Crippen molar-refractivity contribution in [3.05, 3.63) is 39.6 Å². The highest BCUT2D eigenvalue weighted by molar-refractivity contribution is 5.54. The van der Waals surface area contributed by atoms with Crippen LogP contribution in [-0.2, 0) is 0 Å². The van der Waals surface area contributed by atoms with Gasteiger partial charge in [-0.3, -0.25) is 0 Å². The highest BCUT2D eigenvalue weighted by Gasteiger charge is 1.99. The topological polar surface area (TPSA) is 81.4 Å². The van der Waals surface area contributed by atoms with Crippen molar-refractivity contribution in [3.8, 4) is 0 Å². The Labute approximate surface area is 74.4 Å². The van der Waals surface area contributed by atoms with Crippen molar-refractivity contribution in [1.29, 1.82) is 0 Å². The molecule has 0 unspecified atom stereocenters. The molecule has 0 fully saturated rings. The smallest absolute Gasteiger partial charge is 0.0627 e. The van der Waals surface area contributed by atoms with Crippen LogP contribution >= 0.6 is 0 Å². The van der Waals surface area contributed by atoms with E-state index in [4.69, 9.17) is 5.53 Å². The minimum Gasteiger partial charge on any atom is -0.232 e. The van der Waals surface area contributed by atoms with Crippen molar-refractivity contribution in [3.63, 3.8) is 0 Å². The van der Waals surface area contributed by atoms with E-state index in [9.17, 15) is 4.91 Å². The molecule has 0 amide bonds. The molecule has 13 heavy (non-hydrogen) atoms. The number of nitroso groups, excluding NO2 is 1. The molecule has 66 valence electrons. The first kappa shape index (κ1) is 9.02. The van der Waals surface area contributed by atoms with Gasteiger partial charge in [0.1, 0.15) is 0 Å². The Morgan fingerprint density at radius 3 is 2.92 bits per heavy atom. The van der Waals surface area contributed by atoms with Gasteiger partial charge in [0, 0.05) is 17.6 Å². The van der Waals surface area contributed by atoms with Crippen molar-refractivity contribution >= 4 is 11.4 Å². The fourth-order valence-electron chi connectivity index (χ4n) is 0.855. The summed E-state index contributed by atoms with van der Waals surface area (Å²) in [5.74, 6) is 0. The Kier molecular flexibility index (Phi) is 2.83. The molecule has 0 spiro atoms. The molecule has 1 aromatic rings. The first-order valence-electron chi connectivity index (χ1n) is 3.50. The minimum atomic E-state index is 0.454. The lowest BCUT2D eigenvalue weighted by molar-refractivity contribution is 1.00. The molecule has 0 saturated heterocycles. The van der Waals surface area contributed by atoms with Gasteiger partial charge in [-0.2, -0.15) is 0 Å². The third-order valence-electron chi connectivity index (χ3n) is 1.49. The maximum absolute atomic E-state index is 10.1. The van der Waals surface area contributed by atoms with Crippen molar-refractivity contribution in [2.24, 2.45) is 10.4 Å². The van der Waals surface area contributed by atoms with E-state index in [1.807, 2.05) is 0 Å². The summed E-state index contributed by atoms with van der Waals surface area (Å²) in [5, 5.41) is 7.25. The van der Waals surface area contributed by atoms with E-state index in [-0.39, 0.29) is 0 Å². The Morgan fingerprint density at radius 2 is 2.31 bits per heavy atom. The predicted octanol–water partition coefficient (Wildman–Crippen LogP) is 2.75. The first-order chi connectivity index (χ1) is 6.27. The maximum Gasteiger partial charge on any atom is 0.0627 e. The normalized spacial score (nSPS) is 8.69. The summed E-state index contributed by atoms with van der Waals surface area (Å²) >= 11 is 0. The molecule has 1 rings (SSSR count). The number of hydrogen-bond acceptors (Lipinski definition) is 3. The quantitative estimate of drug-likeness (QED) is 0.234. The number of benzene rings is 1. The van der Waals surface area contributed by atoms with Crippen LogP contribution in [0.25, 0.3) is 10.4 Å². The van der Waals surface area contributed by atoms with Gasteiger partial charge in [-0.25, -0.2) is 5.01 Å². The van der Waals surface area contributed by atoms with Crippen LogP contribution in [0.4, 0.5) is 11.4 Å². The molecule has 0 aromatic heterocycles. The molecular formula is C7H7N5O. The van der Waals surface area contributed by atoms with E-state index < -0.39 is 0 Å². The van der Waals surface area contributed by atoms with Crippen LogP contribution in [0.3, 0.4) is 0 Å². The van der Waals surface area contributed by atoms with Gasteiger partial charge >= 0.3 is 0 Å². The van der Waals surface area contributed by atoms with E-state index in [0.717, 1.165) is 5.01 Å². The number of anilines is 1. The first-order valence-corrected chi connectivity index (χ1v) is 3.50. The zero-order valence-corrected chi connectivity index (χ0v) is 6.95. The van der Waals surface area contributed by atoms with Crippen molar-refractivity contribution in [2.75, 3.05) is 12.1 Å². The van der Waals surface area contributed by atoms with Gasteiger partial charge < -0.3 is 0 Å². The number of azide groups is 1. The third-order valence-corrected chi connectivity index (χ3v) is 1.49. The molecular weight excluding hydrogens is 170 g/mol. The molecule has 0 saturated carbocycles. The van der Waals surface area contributed by atoms with Crippen molar-refractivity contribution in [2.45, 2.75) is 0 Å². The summed E-state index contributed by atoms with van der Waals surface area (Å²) in [5.41, 5.74) is 9.20. The van der Waals surface area contributed by atoms with Gasteiger partial charge in [0.25, 0.3) is 0 Å². The van der Waals surface area contributed by atoms with Gasteiger partial charge in [0.2, 0.25) is 0 Å². The van der Waals surface area contributed by atoms with Crippen LogP contribution in [0.5, 0.6) is 0 Å². The van der Waals surface area contributed by atoms with E-state index in [1.165, 1.54) is 7.05 Å². The molecule has 0 aliphatic carbocycles. The summed E-state index contributed by atoms with van der Waals surface area (Å²) in [6, 6.07) is 6.59. The molecule has 6 nitrogen and oxygen atoms in total. The predicted molar refractivity (Wildman–Crippen MR) is 49.4 cm³/mol. The Bertz CT molecular complexity index is 358. The largest absolute Gasteiger partial charge is 0.232 e. The van der Waals surface area contributed by atoms with Crippen LogP contribution in [0, 0.1) is 4.91 Å². The average Bonchev–Trinajstić information content (AvgIpc) is 2.18. The van der Waals surface area contributed by atoms with Crippen molar-refractivity contribution < 1.29 is 0 Å². The third kappa shape index (κ3) is 2.18. The molecule has 1 aromatic carbocycles. The van der Waals surface area contributed by atoms with Gasteiger partial charge in [0.05, 0.1) is 11.0 Å². The Balaban J connectivity index is 3.04. The average molecular weight is 177 g/mol. The fraction of sp³-hybridized carbons (Fsp3) is 0.143. The second-order valence-electron chi connectivity index (χ2n) is 2.31. The zero-order chi connectivity index (χ0) is 9.68. The van der Waals surface area contributed by atoms with Gasteiger partial charge in [0.15, 0.2) is 0 Å². The van der Waals surface area contributed by atoms with Crippen molar-refractivity contribution in [1.82, 2.24) is 0 Å². The molecule has 0 aliphatic rings. The number of nitrogens with zero attached hydrogens (tertiary/aromatic N) is 5. The summed E-state index contributed by atoms with van der Waals surface area (Å²) in [6.07, 6.45) is 0. The highest BCUT2D eigenvalue weighted by Crippen LogP contribution is 2.20. The highest BCUT2D eigenvalue weighted by atomic mass is 16.3. The summed E-state index contributed by atoms with van der Waals surface area (Å²) in [6.45, 7) is 0. The van der Waals surface area contributed by atoms with Gasteiger partial charge in [-0.05, 0) is 17.7 Å². The Hall–Kier alpha value is -2.07. The molecule has 0 radical (unpaired) electrons. The monoisotopic (exact) mass is 177 g/mol. The summed E-state index contributed by atoms with van der Waals surface area (Å²) < 4.78 is 0. The van der Waals surface area contributed by atoms with E-state index >= 15 is 0 Å². The zero-order valence-electron chi connectivity index (χ0n) is 6.95. The van der Waals surface area contributed by atoms with Gasteiger partial charge in [-0.1, -0.05) is 17.2 Å². The lowest BCUT2D eigenvalue weighted by atomic mass is 10.3. The fourth-order valence-corrected chi connectivity index (χ4v) is 0.855. The molecule has 0 heterocycles. The molecule has 0 aliphatic heterocycles. The van der Waals surface area contributed by atoms with Crippen LogP contribution in [-0.4, -0.2) is 7.05 Å². The standard InChI is InChI=1S/C7H7N5O/c1-12(11-13)7-4-2-3-6(5-7)9-10-8/h2-5H,1H3. The van der Waals surface area contributed by atoms with E-state index in [2.05, 4.69) is 15.3 Å². The second kappa shape index (κ2) is 4.08. The summed E-state index contributed by atoms with van der Waals surface area (Å²) in [7, 11) is 1.52. The van der Waals surface area contributed by atoms with Crippen LogP contribution in [0.15, 0.2) is 34.7 Å². The van der Waals surface area contributed by atoms with E-state index in [0.29, 0.717) is 11.4 Å². The molecule has 0 N–H and O–H groups in total. The lowest BCUT2D eigenvalue weighted by Crippen LogP contribution is -2.05. The van der Waals surface area contributed by atoms with Gasteiger partial charge in [-0.15, -0.1) is 4.91 Å². The number of hydrogen-bond donors (Lipinski definition) is 0. The minimum absolute atomic E-state index is 0.454. The van der Waals surface area contributed by atoms with Crippen LogP contribution in [0.2, 0.25) is 0 Å². The van der Waals surface area contributed by atoms with Crippen LogP contribution in [0.1, 0.15) is 0 Å². The molecule has 6 heteroatoms. The van der Waals surface area contributed by atoms with E-state index in [1.54, 1.807) is 24.3 Å². The second-order valence-corrected chi connectivity index (χ2v) is 2.31. The molecule has 0 bridgehead atoms. The summed E-state index contributed by atoms with van der Waals surface area (Å²) in [4.78, 5) is 12.8. The number of rotatable bonds is 3.